The number of carbonyl (C=O) groups excluding carboxylic acids is 1. The van der Waals surface area contributed by atoms with Crippen LogP contribution in [0, 0.1) is 17.2 Å². The summed E-state index contributed by atoms with van der Waals surface area (Å²) in [5.74, 6) is 0.235. The molecule has 3 nitrogen and oxygen atoms in total. The van der Waals surface area contributed by atoms with E-state index in [0.29, 0.717) is 5.92 Å². The largest absolute Gasteiger partial charge is 0.348 e. The highest BCUT2D eigenvalue weighted by atomic mass is 79.9. The molecule has 20 heavy (non-hydrogen) atoms. The molecular formula is C15H17BrN2OS. The van der Waals surface area contributed by atoms with Gasteiger partial charge in [0.2, 0.25) is 0 Å². The van der Waals surface area contributed by atoms with Crippen molar-refractivity contribution in [3.05, 3.63) is 26.4 Å². The number of halogens is 1. The Morgan fingerprint density at radius 1 is 1.50 bits per heavy atom. The van der Waals surface area contributed by atoms with Gasteiger partial charge in [-0.1, -0.05) is 19.8 Å². The number of hydrogen-bond donors (Lipinski definition) is 1. The second-order valence-electron chi connectivity index (χ2n) is 5.15. The topological polar surface area (TPSA) is 52.9 Å². The molecule has 0 radical (unpaired) electrons. The molecule has 2 rings (SSSR count). The van der Waals surface area contributed by atoms with Crippen LogP contribution < -0.4 is 5.32 Å². The molecule has 1 fully saturated rings. The van der Waals surface area contributed by atoms with Crippen LogP contribution in [0.4, 0.5) is 0 Å². The highest BCUT2D eigenvalue weighted by Gasteiger charge is 2.24. The standard InChI is InChI=1S/C15H17BrN2OS/c1-10-4-2-3-5-13(10)18-15(19)11(9-17)8-12-6-7-14(16)20-12/h6-8,10,13H,2-5H2,1H3,(H,18,19)/b11-8+/t10-,13+/m1/s1. The van der Waals surface area contributed by atoms with Gasteiger partial charge in [0.1, 0.15) is 11.6 Å². The van der Waals surface area contributed by atoms with Gasteiger partial charge in [-0.15, -0.1) is 11.3 Å². The molecule has 1 saturated carbocycles. The van der Waals surface area contributed by atoms with Gasteiger partial charge >= 0.3 is 0 Å². The lowest BCUT2D eigenvalue weighted by molar-refractivity contribution is -0.118. The minimum absolute atomic E-state index is 0.178. The molecule has 0 aromatic carbocycles. The Hall–Kier alpha value is -1.12. The maximum Gasteiger partial charge on any atom is 0.262 e. The zero-order chi connectivity index (χ0) is 14.5. The van der Waals surface area contributed by atoms with E-state index in [1.807, 2.05) is 18.2 Å². The summed E-state index contributed by atoms with van der Waals surface area (Å²) < 4.78 is 0.988. The van der Waals surface area contributed by atoms with Gasteiger partial charge in [0.15, 0.2) is 0 Å². The van der Waals surface area contributed by atoms with Crippen molar-refractivity contribution in [3.8, 4) is 6.07 Å². The van der Waals surface area contributed by atoms with Gasteiger partial charge < -0.3 is 5.32 Å². The lowest BCUT2D eigenvalue weighted by Gasteiger charge is -2.29. The molecule has 1 amide bonds. The fourth-order valence-electron chi connectivity index (χ4n) is 2.47. The average Bonchev–Trinajstić information content (AvgIpc) is 2.84. The first-order valence-corrected chi connectivity index (χ1v) is 8.39. The van der Waals surface area contributed by atoms with Crippen LogP contribution in [0.15, 0.2) is 21.5 Å². The summed E-state index contributed by atoms with van der Waals surface area (Å²) in [6, 6.07) is 6.00. The van der Waals surface area contributed by atoms with E-state index >= 15 is 0 Å². The second-order valence-corrected chi connectivity index (χ2v) is 7.65. The zero-order valence-corrected chi connectivity index (χ0v) is 13.8. The van der Waals surface area contributed by atoms with Gasteiger partial charge in [0.05, 0.1) is 3.79 Å². The summed E-state index contributed by atoms with van der Waals surface area (Å²) in [4.78, 5) is 13.1. The number of hydrogen-bond acceptors (Lipinski definition) is 3. The number of nitrogens with zero attached hydrogens (tertiary/aromatic N) is 1. The van der Waals surface area contributed by atoms with Crippen LogP contribution in [0.5, 0.6) is 0 Å². The number of amides is 1. The van der Waals surface area contributed by atoms with Gasteiger partial charge in [-0.05, 0) is 52.9 Å². The van der Waals surface area contributed by atoms with Crippen LogP contribution in [0.2, 0.25) is 0 Å². The molecule has 1 aliphatic carbocycles. The van der Waals surface area contributed by atoms with Gasteiger partial charge in [0, 0.05) is 10.9 Å². The van der Waals surface area contributed by atoms with Crippen molar-refractivity contribution < 1.29 is 4.79 Å². The van der Waals surface area contributed by atoms with Crippen molar-refractivity contribution in [1.29, 1.82) is 5.26 Å². The van der Waals surface area contributed by atoms with Crippen LogP contribution in [0.1, 0.15) is 37.5 Å². The normalized spacial score (nSPS) is 23.1. The predicted octanol–water partition coefficient (Wildman–Crippen LogP) is 4.11. The Balaban J connectivity index is 2.06. The summed E-state index contributed by atoms with van der Waals surface area (Å²) in [7, 11) is 0. The maximum absolute atomic E-state index is 12.2. The van der Waals surface area contributed by atoms with Gasteiger partial charge in [0.25, 0.3) is 5.91 Å². The number of carbonyl (C=O) groups is 1. The van der Waals surface area contributed by atoms with E-state index in [4.69, 9.17) is 0 Å². The van der Waals surface area contributed by atoms with Crippen molar-refractivity contribution in [2.45, 2.75) is 38.6 Å². The van der Waals surface area contributed by atoms with E-state index in [0.717, 1.165) is 27.9 Å². The molecular weight excluding hydrogens is 336 g/mol. The SMILES string of the molecule is C[C@@H]1CCCC[C@@H]1NC(=O)/C(C#N)=C/c1ccc(Br)s1. The Morgan fingerprint density at radius 3 is 2.85 bits per heavy atom. The quantitative estimate of drug-likeness (QED) is 0.657. The highest BCUT2D eigenvalue weighted by molar-refractivity contribution is 9.11. The third kappa shape index (κ3) is 3.94. The van der Waals surface area contributed by atoms with Gasteiger partial charge in [-0.2, -0.15) is 5.26 Å². The number of thiophene rings is 1. The number of rotatable bonds is 3. The minimum Gasteiger partial charge on any atom is -0.348 e. The molecule has 106 valence electrons. The summed E-state index contributed by atoms with van der Waals surface area (Å²) in [6.45, 7) is 2.16. The maximum atomic E-state index is 12.2. The van der Waals surface area contributed by atoms with Crippen LogP contribution in [0.3, 0.4) is 0 Å². The lowest BCUT2D eigenvalue weighted by Crippen LogP contribution is -2.41. The van der Waals surface area contributed by atoms with Crippen molar-refractivity contribution >= 4 is 39.2 Å². The molecule has 1 aliphatic rings. The summed E-state index contributed by atoms with van der Waals surface area (Å²) in [6.07, 6.45) is 6.19. The summed E-state index contributed by atoms with van der Waals surface area (Å²) >= 11 is 4.88. The Labute approximate surface area is 131 Å². The van der Waals surface area contributed by atoms with Crippen molar-refractivity contribution in [3.63, 3.8) is 0 Å². The molecule has 5 heteroatoms. The third-order valence-corrected chi connectivity index (χ3v) is 5.24. The van der Waals surface area contributed by atoms with E-state index in [9.17, 15) is 10.1 Å². The molecule has 1 N–H and O–H groups in total. The lowest BCUT2D eigenvalue weighted by atomic mass is 9.86. The van der Waals surface area contributed by atoms with Crippen LogP contribution >= 0.6 is 27.3 Å². The van der Waals surface area contributed by atoms with Crippen molar-refractivity contribution in [2.24, 2.45) is 5.92 Å². The fraction of sp³-hybridized carbons (Fsp3) is 0.467. The van der Waals surface area contributed by atoms with Crippen LogP contribution in [0.25, 0.3) is 6.08 Å². The Bertz CT molecular complexity index is 558. The molecule has 1 aromatic heterocycles. The summed E-state index contributed by atoms with van der Waals surface area (Å²) in [5, 5.41) is 12.2. The smallest absolute Gasteiger partial charge is 0.262 e. The van der Waals surface area contributed by atoms with Crippen LogP contribution in [-0.2, 0) is 4.79 Å². The Kier molecular flexibility index (Phi) is 5.38. The van der Waals surface area contributed by atoms with Gasteiger partial charge in [-0.25, -0.2) is 0 Å². The van der Waals surface area contributed by atoms with E-state index < -0.39 is 0 Å². The van der Waals surface area contributed by atoms with Gasteiger partial charge in [-0.3, -0.25) is 4.79 Å². The molecule has 1 heterocycles. The first-order chi connectivity index (χ1) is 9.60. The average molecular weight is 353 g/mol. The van der Waals surface area contributed by atoms with Crippen LogP contribution in [-0.4, -0.2) is 11.9 Å². The van der Waals surface area contributed by atoms with E-state index in [1.54, 1.807) is 6.08 Å². The summed E-state index contributed by atoms with van der Waals surface area (Å²) in [5.41, 5.74) is 0.178. The first-order valence-electron chi connectivity index (χ1n) is 6.78. The van der Waals surface area contributed by atoms with E-state index in [-0.39, 0.29) is 17.5 Å². The monoisotopic (exact) mass is 352 g/mol. The Morgan fingerprint density at radius 2 is 2.25 bits per heavy atom. The van der Waals surface area contributed by atoms with Crippen molar-refractivity contribution in [2.75, 3.05) is 0 Å². The molecule has 0 aliphatic heterocycles. The predicted molar refractivity (Wildman–Crippen MR) is 85.2 cm³/mol. The molecule has 0 unspecified atom stereocenters. The number of nitriles is 1. The van der Waals surface area contributed by atoms with Crippen molar-refractivity contribution in [1.82, 2.24) is 5.32 Å². The highest BCUT2D eigenvalue weighted by Crippen LogP contribution is 2.25. The molecule has 0 spiro atoms. The minimum atomic E-state index is -0.254. The second kappa shape index (κ2) is 7.05. The molecule has 0 bridgehead atoms. The third-order valence-electron chi connectivity index (χ3n) is 3.67. The molecule has 1 aromatic rings. The van der Waals surface area contributed by atoms with E-state index in [1.165, 1.54) is 17.8 Å². The van der Waals surface area contributed by atoms with E-state index in [2.05, 4.69) is 28.2 Å². The molecule has 0 saturated heterocycles. The fourth-order valence-corrected chi connectivity index (χ4v) is 3.84. The number of nitrogens with one attached hydrogen (secondary N) is 1. The zero-order valence-electron chi connectivity index (χ0n) is 11.4. The first kappa shape index (κ1) is 15.3. The molecule has 2 atom stereocenters.